The highest BCUT2D eigenvalue weighted by Gasteiger charge is 2.12. The number of nitrogens with one attached hydrogen (secondary N) is 1. The number of benzene rings is 1. The van der Waals surface area contributed by atoms with Gasteiger partial charge in [0.2, 0.25) is 5.95 Å². The predicted molar refractivity (Wildman–Crippen MR) is 107 cm³/mol. The smallest absolute Gasteiger partial charge is 0.319 e. The van der Waals surface area contributed by atoms with Crippen LogP contribution in [0.25, 0.3) is 11.4 Å². The summed E-state index contributed by atoms with van der Waals surface area (Å²) in [6.07, 6.45) is 9.90. The van der Waals surface area contributed by atoms with Gasteiger partial charge in [-0.15, -0.1) is 0 Å². The molecule has 0 aliphatic heterocycles. The molecule has 2 aliphatic carbocycles. The van der Waals surface area contributed by atoms with Crippen LogP contribution in [0, 0.1) is 0 Å². The maximum Gasteiger partial charge on any atom is 0.319 e. The highest BCUT2D eigenvalue weighted by molar-refractivity contribution is 5.62. The highest BCUT2D eigenvalue weighted by Crippen LogP contribution is 2.32. The van der Waals surface area contributed by atoms with E-state index in [0.717, 1.165) is 0 Å². The van der Waals surface area contributed by atoms with Gasteiger partial charge >= 0.3 is 6.01 Å². The minimum atomic E-state index is -0.417. The molecule has 4 rings (SSSR count). The lowest BCUT2D eigenvalue weighted by Crippen LogP contribution is -2.11. The molecule has 2 aliphatic rings. The third-order valence-electron chi connectivity index (χ3n) is 3.99. The van der Waals surface area contributed by atoms with Crippen molar-refractivity contribution in [3.05, 3.63) is 53.6 Å². The minimum absolute atomic E-state index is 0.0735. The van der Waals surface area contributed by atoms with Gasteiger partial charge in [-0.25, -0.2) is 5.84 Å². The molecule has 0 unspecified atom stereocenters. The molecular weight excluding hydrogens is 358 g/mol. The maximum absolute atomic E-state index is 9.48. The van der Waals surface area contributed by atoms with Crippen LogP contribution in [0.3, 0.4) is 0 Å². The number of aromatic nitrogens is 3. The van der Waals surface area contributed by atoms with Crippen molar-refractivity contribution < 1.29 is 14.6 Å². The molecule has 0 saturated heterocycles. The van der Waals surface area contributed by atoms with E-state index < -0.39 is 6.01 Å². The Hall–Kier alpha value is -3.39. The Morgan fingerprint density at radius 3 is 2.21 bits per heavy atom. The van der Waals surface area contributed by atoms with Crippen LogP contribution >= 0.6 is 0 Å². The van der Waals surface area contributed by atoms with Gasteiger partial charge in [0.15, 0.2) is 17.3 Å². The van der Waals surface area contributed by atoms with E-state index in [4.69, 9.17) is 15.3 Å². The molecule has 0 atom stereocenters. The fourth-order valence-electron chi connectivity index (χ4n) is 2.76. The minimum Gasteiger partial charge on any atom is -0.490 e. The Labute approximate surface area is 163 Å². The van der Waals surface area contributed by atoms with E-state index in [0.29, 0.717) is 30.3 Å². The van der Waals surface area contributed by atoms with E-state index in [1.165, 1.54) is 17.6 Å². The second-order valence-corrected chi connectivity index (χ2v) is 5.95. The van der Waals surface area contributed by atoms with Crippen LogP contribution in [0.4, 0.5) is 5.95 Å². The molecular formula is C20H23N5O3. The highest BCUT2D eigenvalue weighted by atomic mass is 16.5. The van der Waals surface area contributed by atoms with E-state index in [1.54, 1.807) is 18.2 Å². The van der Waals surface area contributed by atoms with E-state index in [1.807, 2.05) is 13.8 Å². The number of allylic oxidation sites excluding steroid dienone is 6. The summed E-state index contributed by atoms with van der Waals surface area (Å²) in [6.45, 7) is 4.81. The van der Waals surface area contributed by atoms with Crippen LogP contribution in [0.2, 0.25) is 0 Å². The van der Waals surface area contributed by atoms with Crippen molar-refractivity contribution in [2.75, 3.05) is 18.6 Å². The van der Waals surface area contributed by atoms with Gasteiger partial charge in [-0.3, -0.25) is 5.43 Å². The average molecular weight is 381 g/mol. The number of ether oxygens (including phenoxy) is 2. The lowest BCUT2D eigenvalue weighted by molar-refractivity contribution is 0.288. The zero-order valence-electron chi connectivity index (χ0n) is 15.8. The Bertz CT molecular complexity index is 917. The van der Waals surface area contributed by atoms with Gasteiger partial charge in [0.1, 0.15) is 0 Å². The maximum atomic E-state index is 9.48. The van der Waals surface area contributed by atoms with Gasteiger partial charge in [0, 0.05) is 5.56 Å². The van der Waals surface area contributed by atoms with Gasteiger partial charge in [-0.05, 0) is 49.6 Å². The fraction of sp³-hybridized carbons (Fsp3) is 0.250. The van der Waals surface area contributed by atoms with Crippen molar-refractivity contribution >= 4 is 5.95 Å². The van der Waals surface area contributed by atoms with Crippen LogP contribution in [0.15, 0.2) is 53.6 Å². The van der Waals surface area contributed by atoms with E-state index >= 15 is 0 Å². The Morgan fingerprint density at radius 2 is 1.68 bits per heavy atom. The number of nitrogens with zero attached hydrogens (tertiary/aromatic N) is 3. The quantitative estimate of drug-likeness (QED) is 0.516. The number of nitrogen functional groups attached to an aromatic ring is 1. The molecule has 146 valence electrons. The molecule has 1 aromatic heterocycles. The molecule has 2 aromatic rings. The van der Waals surface area contributed by atoms with Crippen molar-refractivity contribution in [3.63, 3.8) is 0 Å². The first kappa shape index (κ1) is 19.4. The van der Waals surface area contributed by atoms with Gasteiger partial charge in [-0.1, -0.05) is 24.3 Å². The number of anilines is 1. The first-order valence-corrected chi connectivity index (χ1v) is 9.02. The molecule has 2 bridgehead atoms. The third-order valence-corrected chi connectivity index (χ3v) is 3.99. The molecule has 28 heavy (non-hydrogen) atoms. The summed E-state index contributed by atoms with van der Waals surface area (Å²) in [5, 5.41) is 9.48. The van der Waals surface area contributed by atoms with Gasteiger partial charge < -0.3 is 14.6 Å². The van der Waals surface area contributed by atoms with Crippen molar-refractivity contribution in [1.82, 2.24) is 15.0 Å². The second kappa shape index (κ2) is 9.01. The lowest BCUT2D eigenvalue weighted by Gasteiger charge is -2.12. The normalized spacial score (nSPS) is 13.4. The van der Waals surface area contributed by atoms with E-state index in [-0.39, 0.29) is 11.8 Å². The summed E-state index contributed by atoms with van der Waals surface area (Å²) in [7, 11) is 0. The molecule has 0 fully saturated rings. The van der Waals surface area contributed by atoms with Crippen LogP contribution < -0.4 is 20.7 Å². The molecule has 0 amide bonds. The molecule has 0 saturated carbocycles. The number of aromatic hydroxyl groups is 1. The topological polar surface area (TPSA) is 115 Å². The summed E-state index contributed by atoms with van der Waals surface area (Å²) in [5.41, 5.74) is 5.86. The third kappa shape index (κ3) is 4.66. The second-order valence-electron chi connectivity index (χ2n) is 5.95. The Balaban J connectivity index is 0.000000264. The van der Waals surface area contributed by atoms with Crippen LogP contribution in [-0.2, 0) is 0 Å². The standard InChI is InChI=1S/C13H17N5O3.C7H6/c1-3-20-9-6-5-8(7-10(9)21-4-2)11-15-12(18-14)17-13(19)16-11;1-2-7-4-3-6(1)5-7/h5-7H,3-4,14H2,1-2H3,(H2,15,16,17,18,19);1-4H,5H2. The van der Waals surface area contributed by atoms with Gasteiger partial charge in [-0.2, -0.15) is 15.0 Å². The number of rotatable bonds is 6. The molecule has 1 aromatic carbocycles. The molecule has 0 radical (unpaired) electrons. The number of fused-ring (bicyclic) bond motifs is 2. The summed E-state index contributed by atoms with van der Waals surface area (Å²) < 4.78 is 11.0. The summed E-state index contributed by atoms with van der Waals surface area (Å²) >= 11 is 0. The van der Waals surface area contributed by atoms with Crippen molar-refractivity contribution in [2.24, 2.45) is 5.84 Å². The fourth-order valence-corrected chi connectivity index (χ4v) is 2.76. The van der Waals surface area contributed by atoms with Gasteiger partial charge in [0.25, 0.3) is 0 Å². The number of hydrazine groups is 1. The number of hydrogen-bond donors (Lipinski definition) is 3. The Morgan fingerprint density at radius 1 is 1.00 bits per heavy atom. The van der Waals surface area contributed by atoms with Crippen molar-refractivity contribution in [1.29, 1.82) is 0 Å². The lowest BCUT2D eigenvalue weighted by atomic mass is 10.2. The molecule has 1 heterocycles. The molecule has 0 spiro atoms. The number of nitrogens with two attached hydrogens (primary N) is 1. The predicted octanol–water partition coefficient (Wildman–Crippen LogP) is 3.14. The first-order valence-electron chi connectivity index (χ1n) is 9.02. The van der Waals surface area contributed by atoms with Crippen LogP contribution in [0.5, 0.6) is 17.5 Å². The zero-order chi connectivity index (χ0) is 19.9. The summed E-state index contributed by atoms with van der Waals surface area (Å²) in [4.78, 5) is 11.6. The van der Waals surface area contributed by atoms with Crippen LogP contribution in [0.1, 0.15) is 20.3 Å². The first-order chi connectivity index (χ1) is 13.6. The van der Waals surface area contributed by atoms with E-state index in [2.05, 4.69) is 44.7 Å². The monoisotopic (exact) mass is 381 g/mol. The molecule has 4 N–H and O–H groups in total. The molecule has 8 heteroatoms. The SMILES string of the molecule is C1=CC2=CC=C1C2.CCOc1ccc(-c2nc(O)nc(NN)n2)cc1OCC. The van der Waals surface area contributed by atoms with Gasteiger partial charge in [0.05, 0.1) is 13.2 Å². The zero-order valence-corrected chi connectivity index (χ0v) is 15.8. The Kier molecular flexibility index (Phi) is 6.23. The van der Waals surface area contributed by atoms with E-state index in [9.17, 15) is 5.11 Å². The largest absolute Gasteiger partial charge is 0.490 e. The molecule has 8 nitrogen and oxygen atoms in total. The number of hydrogen-bond acceptors (Lipinski definition) is 8. The van der Waals surface area contributed by atoms with Crippen molar-refractivity contribution in [2.45, 2.75) is 20.3 Å². The summed E-state index contributed by atoms with van der Waals surface area (Å²) in [5.74, 6) is 6.82. The summed E-state index contributed by atoms with van der Waals surface area (Å²) in [6, 6.07) is 4.85. The average Bonchev–Trinajstić information content (AvgIpc) is 3.36. The van der Waals surface area contributed by atoms with Crippen molar-refractivity contribution in [3.8, 4) is 28.9 Å². The van der Waals surface area contributed by atoms with Crippen LogP contribution in [-0.4, -0.2) is 33.3 Å².